The molecule has 0 heterocycles. The van der Waals surface area contributed by atoms with Crippen molar-refractivity contribution in [2.45, 2.75) is 45.3 Å². The van der Waals surface area contributed by atoms with Gasteiger partial charge in [-0.05, 0) is 42.7 Å². The molecule has 10 heteroatoms. The van der Waals surface area contributed by atoms with E-state index in [1.807, 2.05) is 44.2 Å². The third-order valence-electron chi connectivity index (χ3n) is 6.25. The number of hydrogen-bond acceptors (Lipinski definition) is 6. The van der Waals surface area contributed by atoms with E-state index in [0.717, 1.165) is 17.5 Å². The number of nitrogens with one attached hydrogen (secondary N) is 1. The van der Waals surface area contributed by atoms with Crippen molar-refractivity contribution in [1.29, 1.82) is 0 Å². The molecule has 2 amide bonds. The Hall–Kier alpha value is -4.11. The van der Waals surface area contributed by atoms with Crippen LogP contribution in [0, 0.1) is 10.1 Å². The fourth-order valence-corrected chi connectivity index (χ4v) is 4.03. The van der Waals surface area contributed by atoms with Crippen LogP contribution < -0.4 is 14.8 Å². The fourth-order valence-electron chi connectivity index (χ4n) is 3.91. The van der Waals surface area contributed by atoms with Crippen LogP contribution in [0.5, 0.6) is 11.5 Å². The van der Waals surface area contributed by atoms with Crippen LogP contribution in [0.3, 0.4) is 0 Å². The maximum absolute atomic E-state index is 13.7. The lowest BCUT2D eigenvalue weighted by molar-refractivity contribution is -0.385. The Morgan fingerprint density at radius 2 is 1.74 bits per heavy atom. The minimum atomic E-state index is -0.820. The third kappa shape index (κ3) is 8.44. The SMILES string of the molecule is CC[C@@H](C)NC(=O)[C@H](Cc1ccccc1)N(Cc1ccc(Cl)cc1)C(=O)COc1ccc([N+](=O)[O-])c(OC)c1. The van der Waals surface area contributed by atoms with E-state index in [2.05, 4.69) is 5.32 Å². The number of nitrogens with zero attached hydrogens (tertiary/aromatic N) is 2. The second kappa shape index (κ2) is 14.2. The molecule has 0 spiro atoms. The van der Waals surface area contributed by atoms with Gasteiger partial charge in [0.25, 0.3) is 5.91 Å². The zero-order valence-corrected chi connectivity index (χ0v) is 22.9. The van der Waals surface area contributed by atoms with E-state index in [1.54, 1.807) is 24.3 Å². The van der Waals surface area contributed by atoms with Gasteiger partial charge >= 0.3 is 5.69 Å². The summed E-state index contributed by atoms with van der Waals surface area (Å²) in [5.41, 5.74) is 1.47. The van der Waals surface area contributed by atoms with Crippen LogP contribution in [0.15, 0.2) is 72.8 Å². The predicted molar refractivity (Wildman–Crippen MR) is 149 cm³/mol. The Labute approximate surface area is 232 Å². The lowest BCUT2D eigenvalue weighted by Crippen LogP contribution is -2.53. The van der Waals surface area contributed by atoms with E-state index in [-0.39, 0.29) is 35.7 Å². The molecule has 2 atom stereocenters. The first-order valence-corrected chi connectivity index (χ1v) is 12.9. The Balaban J connectivity index is 1.91. The number of methoxy groups -OCH3 is 1. The van der Waals surface area contributed by atoms with Crippen molar-refractivity contribution in [2.75, 3.05) is 13.7 Å². The standard InChI is InChI=1S/C29H32ClN3O6/c1-4-20(2)31-29(35)26(16-21-8-6-5-7-9-21)32(18-22-10-12-23(30)13-11-22)28(34)19-39-24-14-15-25(33(36)37)27(17-24)38-3/h5-15,17,20,26H,4,16,18-19H2,1-3H3,(H,31,35)/t20-,26+/m1/s1. The van der Waals surface area contributed by atoms with Gasteiger partial charge in [-0.3, -0.25) is 19.7 Å². The van der Waals surface area contributed by atoms with E-state index in [0.29, 0.717) is 11.4 Å². The first kappa shape index (κ1) is 29.4. The molecular formula is C29H32ClN3O6. The first-order valence-electron chi connectivity index (χ1n) is 12.5. The highest BCUT2D eigenvalue weighted by atomic mass is 35.5. The molecule has 0 unspecified atom stereocenters. The quantitative estimate of drug-likeness (QED) is 0.230. The van der Waals surface area contributed by atoms with E-state index in [1.165, 1.54) is 30.2 Å². The molecular weight excluding hydrogens is 522 g/mol. The Bertz CT molecular complexity index is 1270. The molecule has 39 heavy (non-hydrogen) atoms. The van der Waals surface area contributed by atoms with Crippen LogP contribution in [0.4, 0.5) is 5.69 Å². The van der Waals surface area contributed by atoms with E-state index >= 15 is 0 Å². The van der Waals surface area contributed by atoms with Crippen molar-refractivity contribution >= 4 is 29.1 Å². The lowest BCUT2D eigenvalue weighted by atomic mass is 10.0. The van der Waals surface area contributed by atoms with Crippen molar-refractivity contribution in [2.24, 2.45) is 0 Å². The number of nitro benzene ring substituents is 1. The minimum Gasteiger partial charge on any atom is -0.490 e. The van der Waals surface area contributed by atoms with Crippen LogP contribution in [0.2, 0.25) is 5.02 Å². The summed E-state index contributed by atoms with van der Waals surface area (Å²) in [5, 5.41) is 14.8. The molecule has 9 nitrogen and oxygen atoms in total. The summed E-state index contributed by atoms with van der Waals surface area (Å²) in [5.74, 6) is -0.464. The predicted octanol–water partition coefficient (Wildman–Crippen LogP) is 5.19. The summed E-state index contributed by atoms with van der Waals surface area (Å²) < 4.78 is 10.8. The van der Waals surface area contributed by atoms with Gasteiger partial charge in [0, 0.05) is 36.2 Å². The van der Waals surface area contributed by atoms with Crippen LogP contribution in [-0.2, 0) is 22.6 Å². The summed E-state index contributed by atoms with van der Waals surface area (Å²) in [7, 11) is 1.31. The number of hydrogen-bond donors (Lipinski definition) is 1. The van der Waals surface area contributed by atoms with Gasteiger partial charge in [0.1, 0.15) is 11.8 Å². The van der Waals surface area contributed by atoms with Gasteiger partial charge in [0.15, 0.2) is 6.61 Å². The molecule has 1 N–H and O–H groups in total. The second-order valence-electron chi connectivity index (χ2n) is 9.05. The van der Waals surface area contributed by atoms with Gasteiger partial charge < -0.3 is 19.7 Å². The minimum absolute atomic E-state index is 0.0119. The van der Waals surface area contributed by atoms with E-state index < -0.39 is 23.5 Å². The highest BCUT2D eigenvalue weighted by Gasteiger charge is 2.31. The summed E-state index contributed by atoms with van der Waals surface area (Å²) in [6.07, 6.45) is 1.04. The van der Waals surface area contributed by atoms with Crippen LogP contribution >= 0.6 is 11.6 Å². The summed E-state index contributed by atoms with van der Waals surface area (Å²) in [6.45, 7) is 3.64. The van der Waals surface area contributed by atoms with Crippen LogP contribution in [0.1, 0.15) is 31.4 Å². The topological polar surface area (TPSA) is 111 Å². The maximum atomic E-state index is 13.7. The molecule has 3 rings (SSSR count). The summed E-state index contributed by atoms with van der Waals surface area (Å²) in [4.78, 5) is 39.3. The maximum Gasteiger partial charge on any atom is 0.311 e. The van der Waals surface area contributed by atoms with Crippen molar-refractivity contribution in [3.8, 4) is 11.5 Å². The fraction of sp³-hybridized carbons (Fsp3) is 0.310. The van der Waals surface area contributed by atoms with Gasteiger partial charge in [-0.25, -0.2) is 0 Å². The molecule has 0 radical (unpaired) electrons. The molecule has 0 saturated carbocycles. The van der Waals surface area contributed by atoms with Crippen molar-refractivity contribution < 1.29 is 24.0 Å². The number of nitro groups is 1. The molecule has 0 aliphatic heterocycles. The summed E-state index contributed by atoms with van der Waals surface area (Å²) in [6, 6.07) is 19.6. The van der Waals surface area contributed by atoms with Gasteiger partial charge in [-0.1, -0.05) is 61.0 Å². The molecule has 0 aliphatic carbocycles. The van der Waals surface area contributed by atoms with Gasteiger partial charge in [-0.15, -0.1) is 0 Å². The van der Waals surface area contributed by atoms with Crippen molar-refractivity contribution in [3.63, 3.8) is 0 Å². The zero-order valence-electron chi connectivity index (χ0n) is 22.1. The van der Waals surface area contributed by atoms with Crippen LogP contribution in [-0.4, -0.2) is 47.4 Å². The van der Waals surface area contributed by atoms with Crippen molar-refractivity contribution in [1.82, 2.24) is 10.2 Å². The zero-order chi connectivity index (χ0) is 28.4. The number of amides is 2. The molecule has 3 aromatic rings. The largest absolute Gasteiger partial charge is 0.490 e. The average molecular weight is 554 g/mol. The van der Waals surface area contributed by atoms with E-state index in [4.69, 9.17) is 21.1 Å². The van der Waals surface area contributed by atoms with E-state index in [9.17, 15) is 19.7 Å². The number of benzene rings is 3. The number of carbonyl (C=O) groups is 2. The monoisotopic (exact) mass is 553 g/mol. The second-order valence-corrected chi connectivity index (χ2v) is 9.49. The smallest absolute Gasteiger partial charge is 0.311 e. The molecule has 206 valence electrons. The Kier molecular flexibility index (Phi) is 10.7. The normalized spacial score (nSPS) is 12.2. The molecule has 0 fully saturated rings. The molecule has 3 aromatic carbocycles. The van der Waals surface area contributed by atoms with Crippen molar-refractivity contribution in [3.05, 3.63) is 99.1 Å². The first-order chi connectivity index (χ1) is 18.7. The number of carbonyl (C=O) groups excluding carboxylic acids is 2. The van der Waals surface area contributed by atoms with Gasteiger partial charge in [0.05, 0.1) is 12.0 Å². The number of ether oxygens (including phenoxy) is 2. The molecule has 0 bridgehead atoms. The highest BCUT2D eigenvalue weighted by molar-refractivity contribution is 6.30. The highest BCUT2D eigenvalue weighted by Crippen LogP contribution is 2.31. The number of rotatable bonds is 13. The Morgan fingerprint density at radius 3 is 2.36 bits per heavy atom. The summed E-state index contributed by atoms with van der Waals surface area (Å²) >= 11 is 6.06. The molecule has 0 aliphatic rings. The van der Waals surface area contributed by atoms with Crippen LogP contribution in [0.25, 0.3) is 0 Å². The molecule has 0 aromatic heterocycles. The van der Waals surface area contributed by atoms with Gasteiger partial charge in [-0.2, -0.15) is 0 Å². The number of halogens is 1. The third-order valence-corrected chi connectivity index (χ3v) is 6.50. The lowest BCUT2D eigenvalue weighted by Gasteiger charge is -2.32. The van der Waals surface area contributed by atoms with Gasteiger partial charge in [0.2, 0.25) is 11.7 Å². The molecule has 0 saturated heterocycles. The Morgan fingerprint density at radius 1 is 1.05 bits per heavy atom. The average Bonchev–Trinajstić information content (AvgIpc) is 2.94.